The average Bonchev–Trinajstić information content (AvgIpc) is 2.60. The molecule has 1 aliphatic carbocycles. The molecule has 2 aromatic rings. The van der Waals surface area contributed by atoms with Crippen molar-refractivity contribution in [3.63, 3.8) is 0 Å². The van der Waals surface area contributed by atoms with Gasteiger partial charge in [-0.15, -0.1) is 0 Å². The van der Waals surface area contributed by atoms with Gasteiger partial charge in [0, 0.05) is 29.2 Å². The van der Waals surface area contributed by atoms with Crippen LogP contribution in [-0.4, -0.2) is 29.6 Å². The van der Waals surface area contributed by atoms with Crippen LogP contribution in [0.2, 0.25) is 0 Å². The first-order valence-corrected chi connectivity index (χ1v) is 6.49. The third-order valence-corrected chi connectivity index (χ3v) is 4.21. The van der Waals surface area contributed by atoms with Crippen molar-refractivity contribution in [3.8, 4) is 0 Å². The number of hydrogen-bond donors (Lipinski definition) is 0. The summed E-state index contributed by atoms with van der Waals surface area (Å²) in [7, 11) is 4.27. The second kappa shape index (κ2) is 4.09. The fourth-order valence-electron chi connectivity index (χ4n) is 2.81. The Kier molecular flexibility index (Phi) is 2.67. The summed E-state index contributed by atoms with van der Waals surface area (Å²) in [5.74, 6) is -0.111. The standard InChI is InChI=1S/C15H19FN2/c1-10-6-15-11(7-14(10)16)4-5-18(15)13-8-12(9-13)17(2)3/h4-7,12-13H,8-9H2,1-3H3. The van der Waals surface area contributed by atoms with E-state index in [2.05, 4.69) is 29.8 Å². The molecule has 96 valence electrons. The second-order valence-electron chi connectivity index (χ2n) is 5.63. The van der Waals surface area contributed by atoms with Gasteiger partial charge >= 0.3 is 0 Å². The molecule has 0 N–H and O–H groups in total. The lowest BCUT2D eigenvalue weighted by molar-refractivity contribution is 0.132. The van der Waals surface area contributed by atoms with Gasteiger partial charge in [0.05, 0.1) is 0 Å². The quantitative estimate of drug-likeness (QED) is 0.789. The largest absolute Gasteiger partial charge is 0.344 e. The first-order valence-electron chi connectivity index (χ1n) is 6.49. The minimum absolute atomic E-state index is 0.111. The van der Waals surface area contributed by atoms with E-state index in [1.165, 1.54) is 12.8 Å². The molecule has 0 aliphatic heterocycles. The maximum absolute atomic E-state index is 13.5. The molecular formula is C15H19FN2. The molecule has 18 heavy (non-hydrogen) atoms. The number of fused-ring (bicyclic) bond motifs is 1. The first-order chi connectivity index (χ1) is 8.56. The van der Waals surface area contributed by atoms with Crippen LogP contribution < -0.4 is 0 Å². The number of benzene rings is 1. The lowest BCUT2D eigenvalue weighted by atomic mass is 9.85. The Labute approximate surface area is 107 Å². The topological polar surface area (TPSA) is 8.17 Å². The van der Waals surface area contributed by atoms with Crippen LogP contribution in [0.4, 0.5) is 4.39 Å². The highest BCUT2D eigenvalue weighted by Gasteiger charge is 2.32. The van der Waals surface area contributed by atoms with Crippen LogP contribution in [0.3, 0.4) is 0 Å². The van der Waals surface area contributed by atoms with Crippen molar-refractivity contribution in [1.82, 2.24) is 9.47 Å². The molecule has 0 spiro atoms. The molecule has 2 nitrogen and oxygen atoms in total. The molecule has 1 aromatic carbocycles. The van der Waals surface area contributed by atoms with Crippen LogP contribution >= 0.6 is 0 Å². The summed E-state index contributed by atoms with van der Waals surface area (Å²) in [5.41, 5.74) is 1.89. The Hall–Kier alpha value is -1.35. The average molecular weight is 246 g/mol. The van der Waals surface area contributed by atoms with Crippen molar-refractivity contribution in [2.75, 3.05) is 14.1 Å². The molecule has 0 bridgehead atoms. The van der Waals surface area contributed by atoms with Gasteiger partial charge in [-0.3, -0.25) is 0 Å². The van der Waals surface area contributed by atoms with Crippen molar-refractivity contribution >= 4 is 10.9 Å². The van der Waals surface area contributed by atoms with E-state index in [9.17, 15) is 4.39 Å². The summed E-state index contributed by atoms with van der Waals surface area (Å²) in [5, 5.41) is 1.01. The molecule has 1 aliphatic rings. The zero-order valence-electron chi connectivity index (χ0n) is 11.2. The van der Waals surface area contributed by atoms with E-state index in [1.807, 2.05) is 19.1 Å². The number of aromatic nitrogens is 1. The first kappa shape index (κ1) is 11.7. The molecule has 0 atom stereocenters. The second-order valence-corrected chi connectivity index (χ2v) is 5.63. The van der Waals surface area contributed by atoms with Gasteiger partial charge in [-0.05, 0) is 57.6 Å². The molecule has 1 fully saturated rings. The third kappa shape index (κ3) is 1.74. The molecule has 1 aromatic heterocycles. The van der Waals surface area contributed by atoms with Gasteiger partial charge < -0.3 is 9.47 Å². The summed E-state index contributed by atoms with van der Waals surface area (Å²) in [6.45, 7) is 1.83. The smallest absolute Gasteiger partial charge is 0.126 e. The minimum atomic E-state index is -0.111. The normalized spacial score (nSPS) is 23.6. The van der Waals surface area contributed by atoms with Crippen molar-refractivity contribution in [2.24, 2.45) is 0 Å². The van der Waals surface area contributed by atoms with Crippen molar-refractivity contribution in [1.29, 1.82) is 0 Å². The van der Waals surface area contributed by atoms with E-state index in [0.717, 1.165) is 16.5 Å². The van der Waals surface area contributed by atoms with Gasteiger partial charge in [-0.25, -0.2) is 4.39 Å². The zero-order valence-corrected chi connectivity index (χ0v) is 11.2. The van der Waals surface area contributed by atoms with Gasteiger partial charge in [-0.2, -0.15) is 0 Å². The summed E-state index contributed by atoms with van der Waals surface area (Å²) < 4.78 is 15.8. The lowest BCUT2D eigenvalue weighted by Crippen LogP contribution is -2.41. The van der Waals surface area contributed by atoms with E-state index in [4.69, 9.17) is 0 Å². The van der Waals surface area contributed by atoms with E-state index in [1.54, 1.807) is 6.07 Å². The number of rotatable bonds is 2. The molecular weight excluding hydrogens is 227 g/mol. The van der Waals surface area contributed by atoms with Gasteiger partial charge in [0.15, 0.2) is 0 Å². The highest BCUT2D eigenvalue weighted by atomic mass is 19.1. The number of halogens is 1. The van der Waals surface area contributed by atoms with E-state index >= 15 is 0 Å². The van der Waals surface area contributed by atoms with Crippen LogP contribution in [0.5, 0.6) is 0 Å². The SMILES string of the molecule is Cc1cc2c(ccn2C2CC(N(C)C)C2)cc1F. The van der Waals surface area contributed by atoms with Gasteiger partial charge in [0.25, 0.3) is 0 Å². The number of hydrogen-bond acceptors (Lipinski definition) is 1. The van der Waals surface area contributed by atoms with Crippen LogP contribution in [0, 0.1) is 12.7 Å². The maximum Gasteiger partial charge on any atom is 0.126 e. The Bertz CT molecular complexity index is 579. The highest BCUT2D eigenvalue weighted by Crippen LogP contribution is 2.37. The monoisotopic (exact) mass is 246 g/mol. The number of aryl methyl sites for hydroxylation is 1. The number of nitrogens with zero attached hydrogens (tertiary/aromatic N) is 2. The third-order valence-electron chi connectivity index (χ3n) is 4.21. The molecule has 3 rings (SSSR count). The molecule has 0 radical (unpaired) electrons. The van der Waals surface area contributed by atoms with Crippen molar-refractivity contribution in [2.45, 2.75) is 31.8 Å². The molecule has 0 amide bonds. The molecule has 1 saturated carbocycles. The predicted octanol–water partition coefficient (Wildman–Crippen LogP) is 3.35. The summed E-state index contributed by atoms with van der Waals surface area (Å²) in [6.07, 6.45) is 4.47. The minimum Gasteiger partial charge on any atom is -0.344 e. The zero-order chi connectivity index (χ0) is 12.9. The van der Waals surface area contributed by atoms with E-state index in [-0.39, 0.29) is 5.82 Å². The maximum atomic E-state index is 13.5. The molecule has 0 saturated heterocycles. The van der Waals surface area contributed by atoms with Crippen LogP contribution in [0.25, 0.3) is 10.9 Å². The molecule has 3 heteroatoms. The van der Waals surface area contributed by atoms with Crippen LogP contribution in [0.15, 0.2) is 24.4 Å². The van der Waals surface area contributed by atoms with Crippen LogP contribution in [-0.2, 0) is 0 Å². The Morgan fingerprint density at radius 1 is 1.28 bits per heavy atom. The Balaban J connectivity index is 1.92. The summed E-state index contributed by atoms with van der Waals surface area (Å²) in [6, 6.07) is 6.88. The van der Waals surface area contributed by atoms with Crippen LogP contribution in [0.1, 0.15) is 24.4 Å². The van der Waals surface area contributed by atoms with Gasteiger partial charge in [0.2, 0.25) is 0 Å². The molecule has 1 heterocycles. The molecule has 0 unspecified atom stereocenters. The summed E-state index contributed by atoms with van der Waals surface area (Å²) >= 11 is 0. The van der Waals surface area contributed by atoms with E-state index in [0.29, 0.717) is 12.1 Å². The highest BCUT2D eigenvalue weighted by molar-refractivity contribution is 5.81. The fraction of sp³-hybridized carbons (Fsp3) is 0.467. The van der Waals surface area contributed by atoms with Gasteiger partial charge in [0.1, 0.15) is 5.82 Å². The van der Waals surface area contributed by atoms with Crippen molar-refractivity contribution in [3.05, 3.63) is 35.8 Å². The van der Waals surface area contributed by atoms with E-state index < -0.39 is 0 Å². The predicted molar refractivity (Wildman–Crippen MR) is 72.4 cm³/mol. The Morgan fingerprint density at radius 3 is 2.67 bits per heavy atom. The van der Waals surface area contributed by atoms with Crippen molar-refractivity contribution < 1.29 is 4.39 Å². The Morgan fingerprint density at radius 2 is 2.00 bits per heavy atom. The fourth-order valence-corrected chi connectivity index (χ4v) is 2.81. The lowest BCUT2D eigenvalue weighted by Gasteiger charge is -2.40. The van der Waals surface area contributed by atoms with Gasteiger partial charge in [-0.1, -0.05) is 0 Å². The summed E-state index contributed by atoms with van der Waals surface area (Å²) in [4.78, 5) is 2.28.